The van der Waals surface area contributed by atoms with Crippen molar-refractivity contribution in [2.24, 2.45) is 10.8 Å². The average Bonchev–Trinajstić information content (AvgIpc) is 2.69. The number of halogens is 4. The Morgan fingerprint density at radius 3 is 1.91 bits per heavy atom. The minimum atomic E-state index is -0.156. The molecule has 0 bridgehead atoms. The van der Waals surface area contributed by atoms with Gasteiger partial charge in [0.15, 0.2) is 0 Å². The summed E-state index contributed by atoms with van der Waals surface area (Å²) in [4.78, 5) is 25.4. The Labute approximate surface area is 221 Å². The van der Waals surface area contributed by atoms with Gasteiger partial charge in [-0.1, -0.05) is 79.3 Å². The molecule has 2 aromatic rings. The molecule has 0 spiro atoms. The summed E-state index contributed by atoms with van der Waals surface area (Å²) in [5, 5.41) is 8.31. The van der Waals surface area contributed by atoms with Crippen LogP contribution in [0.15, 0.2) is 36.4 Å². The molecule has 2 N–H and O–H groups in total. The van der Waals surface area contributed by atoms with E-state index < -0.39 is 0 Å². The van der Waals surface area contributed by atoms with Crippen LogP contribution in [0, 0.1) is 10.8 Å². The smallest absolute Gasteiger partial charge is 0.224 e. The summed E-state index contributed by atoms with van der Waals surface area (Å²) < 4.78 is 0. The number of carbonyl (C=O) groups excluding carboxylic acids is 2. The molecule has 184 valence electrons. The van der Waals surface area contributed by atoms with Crippen LogP contribution in [0.25, 0.3) is 0 Å². The average molecular weight is 544 g/mol. The second-order valence-corrected chi connectivity index (χ2v) is 12.1. The maximum absolute atomic E-state index is 12.8. The third-order valence-corrected chi connectivity index (χ3v) is 7.43. The van der Waals surface area contributed by atoms with Crippen LogP contribution < -0.4 is 10.6 Å². The highest BCUT2D eigenvalue weighted by Gasteiger charge is 2.41. The van der Waals surface area contributed by atoms with Gasteiger partial charge in [0.25, 0.3) is 0 Å². The number of benzene rings is 2. The van der Waals surface area contributed by atoms with Gasteiger partial charge in [-0.25, -0.2) is 0 Å². The maximum atomic E-state index is 12.8. The Morgan fingerprint density at radius 1 is 0.853 bits per heavy atom. The predicted molar refractivity (Wildman–Crippen MR) is 141 cm³/mol. The van der Waals surface area contributed by atoms with Crippen LogP contribution in [0.3, 0.4) is 0 Å². The topological polar surface area (TPSA) is 58.2 Å². The van der Waals surface area contributed by atoms with Gasteiger partial charge in [-0.2, -0.15) is 0 Å². The molecular weight excluding hydrogens is 514 g/mol. The van der Waals surface area contributed by atoms with Gasteiger partial charge in [0.2, 0.25) is 11.8 Å². The van der Waals surface area contributed by atoms with Crippen molar-refractivity contribution < 1.29 is 9.59 Å². The Bertz CT molecular complexity index is 1070. The molecule has 0 aromatic heterocycles. The fraction of sp³-hybridized carbons (Fsp3) is 0.462. The zero-order valence-corrected chi connectivity index (χ0v) is 22.6. The summed E-state index contributed by atoms with van der Waals surface area (Å²) in [6, 6.07) is 10.3. The molecule has 8 heteroatoms. The molecule has 0 saturated heterocycles. The number of nitrogens with one attached hydrogen (secondary N) is 2. The Balaban J connectivity index is 1.59. The van der Waals surface area contributed by atoms with Crippen LogP contribution >= 0.6 is 46.4 Å². The number of hydrogen-bond donors (Lipinski definition) is 2. The zero-order valence-electron chi connectivity index (χ0n) is 19.6. The van der Waals surface area contributed by atoms with Gasteiger partial charge in [0, 0.05) is 32.7 Å². The highest BCUT2D eigenvalue weighted by atomic mass is 35.5. The lowest BCUT2D eigenvalue weighted by molar-refractivity contribution is -0.123. The molecule has 1 aliphatic rings. The summed E-state index contributed by atoms with van der Waals surface area (Å²) >= 11 is 24.3. The van der Waals surface area contributed by atoms with E-state index >= 15 is 0 Å². The number of amides is 2. The SMILES string of the molecule is CC1(C)CC(NC(=O)Cc2ccc(Cl)cc2Cl)CC(C)(CNC(=O)Cc2ccc(Cl)cc2Cl)C1. The molecule has 0 aliphatic heterocycles. The van der Waals surface area contributed by atoms with Crippen molar-refractivity contribution >= 4 is 58.2 Å². The van der Waals surface area contributed by atoms with Crippen molar-refractivity contribution in [3.05, 3.63) is 67.6 Å². The fourth-order valence-electron chi connectivity index (χ4n) is 5.20. The molecule has 4 nitrogen and oxygen atoms in total. The monoisotopic (exact) mass is 542 g/mol. The Morgan fingerprint density at radius 2 is 1.38 bits per heavy atom. The maximum Gasteiger partial charge on any atom is 0.224 e. The minimum absolute atomic E-state index is 0.00920. The van der Waals surface area contributed by atoms with Gasteiger partial charge < -0.3 is 10.6 Å². The van der Waals surface area contributed by atoms with Crippen molar-refractivity contribution in [1.29, 1.82) is 0 Å². The van der Waals surface area contributed by atoms with Crippen molar-refractivity contribution in [3.8, 4) is 0 Å². The molecule has 2 amide bonds. The normalized spacial score (nSPS) is 21.7. The number of rotatable bonds is 7. The first kappa shape index (κ1) is 27.1. The molecule has 1 aliphatic carbocycles. The predicted octanol–water partition coefficient (Wildman–Crippen LogP) is 6.90. The van der Waals surface area contributed by atoms with Crippen molar-refractivity contribution in [1.82, 2.24) is 10.6 Å². The van der Waals surface area contributed by atoms with Gasteiger partial charge in [-0.05, 0) is 65.5 Å². The fourth-order valence-corrected chi connectivity index (χ4v) is 6.15. The van der Waals surface area contributed by atoms with Crippen molar-refractivity contribution in [2.45, 2.75) is 58.9 Å². The second kappa shape index (κ2) is 11.1. The van der Waals surface area contributed by atoms with Crippen molar-refractivity contribution in [2.75, 3.05) is 6.54 Å². The van der Waals surface area contributed by atoms with E-state index in [9.17, 15) is 9.59 Å². The van der Waals surface area contributed by atoms with E-state index in [2.05, 4.69) is 31.4 Å². The van der Waals surface area contributed by atoms with Gasteiger partial charge in [-0.3, -0.25) is 9.59 Å². The van der Waals surface area contributed by atoms with E-state index in [1.165, 1.54) is 0 Å². The molecular formula is C26H30Cl4N2O2. The van der Waals surface area contributed by atoms with Crippen molar-refractivity contribution in [3.63, 3.8) is 0 Å². The first-order valence-electron chi connectivity index (χ1n) is 11.3. The highest BCUT2D eigenvalue weighted by Crippen LogP contribution is 2.45. The lowest BCUT2D eigenvalue weighted by Crippen LogP contribution is -2.50. The third kappa shape index (κ3) is 7.78. The van der Waals surface area contributed by atoms with E-state index in [1.807, 2.05) is 0 Å². The standard InChI is InChI=1S/C26H30Cl4N2O2/c1-25(2)12-20(32-24(34)9-17-5-7-19(28)11-22(17)30)13-26(3,14-25)15-31-23(33)8-16-4-6-18(27)10-21(16)29/h4-7,10-11,20H,8-9,12-15H2,1-3H3,(H,31,33)(H,32,34). The molecule has 1 fully saturated rings. The quantitative estimate of drug-likeness (QED) is 0.399. The molecule has 34 heavy (non-hydrogen) atoms. The van der Waals surface area contributed by atoms with E-state index in [1.54, 1.807) is 36.4 Å². The van der Waals surface area contributed by atoms with Crippen LogP contribution in [-0.4, -0.2) is 24.4 Å². The van der Waals surface area contributed by atoms with Crippen LogP contribution in [-0.2, 0) is 22.4 Å². The van der Waals surface area contributed by atoms with E-state index in [4.69, 9.17) is 46.4 Å². The van der Waals surface area contributed by atoms with Gasteiger partial charge in [0.05, 0.1) is 12.8 Å². The van der Waals surface area contributed by atoms with E-state index in [-0.39, 0.29) is 41.5 Å². The summed E-state index contributed by atoms with van der Waals surface area (Å²) in [7, 11) is 0. The molecule has 1 saturated carbocycles. The van der Waals surface area contributed by atoms with Gasteiger partial charge in [-0.15, -0.1) is 0 Å². The number of hydrogen-bond acceptors (Lipinski definition) is 2. The van der Waals surface area contributed by atoms with Gasteiger partial charge >= 0.3 is 0 Å². The van der Waals surface area contributed by atoms with Crippen LogP contribution in [0.5, 0.6) is 0 Å². The molecule has 2 atom stereocenters. The van der Waals surface area contributed by atoms with Crippen LogP contribution in [0.4, 0.5) is 0 Å². The first-order chi connectivity index (χ1) is 15.8. The lowest BCUT2D eigenvalue weighted by Gasteiger charge is -2.47. The van der Waals surface area contributed by atoms with Crippen LogP contribution in [0.2, 0.25) is 20.1 Å². The summed E-state index contributed by atoms with van der Waals surface area (Å²) in [6.45, 7) is 7.10. The third-order valence-electron chi connectivity index (χ3n) is 6.25. The van der Waals surface area contributed by atoms with Gasteiger partial charge in [0.1, 0.15) is 0 Å². The first-order valence-corrected chi connectivity index (χ1v) is 12.8. The zero-order chi connectivity index (χ0) is 25.1. The molecule has 2 aromatic carbocycles. The molecule has 0 heterocycles. The lowest BCUT2D eigenvalue weighted by atomic mass is 9.62. The minimum Gasteiger partial charge on any atom is -0.355 e. The Kier molecular flexibility index (Phi) is 8.84. The van der Waals surface area contributed by atoms with E-state index in [0.717, 1.165) is 30.4 Å². The second-order valence-electron chi connectivity index (χ2n) is 10.4. The number of carbonyl (C=O) groups is 2. The largest absolute Gasteiger partial charge is 0.355 e. The Hall–Kier alpha value is -1.46. The molecule has 3 rings (SSSR count). The molecule has 0 radical (unpaired) electrons. The van der Waals surface area contributed by atoms with Crippen LogP contribution in [0.1, 0.15) is 51.2 Å². The summed E-state index contributed by atoms with van der Waals surface area (Å²) in [6.07, 6.45) is 2.98. The summed E-state index contributed by atoms with van der Waals surface area (Å²) in [5.41, 5.74) is 1.35. The summed E-state index contributed by atoms with van der Waals surface area (Å²) in [5.74, 6) is -0.164. The molecule has 2 unspecified atom stereocenters. The highest BCUT2D eigenvalue weighted by molar-refractivity contribution is 6.35. The van der Waals surface area contributed by atoms with E-state index in [0.29, 0.717) is 26.6 Å².